The predicted octanol–water partition coefficient (Wildman–Crippen LogP) is 4.20. The maximum Gasteiger partial charge on any atom is 0.248 e. The largest absolute Gasteiger partial charge is 0.354 e. The second kappa shape index (κ2) is 8.19. The van der Waals surface area contributed by atoms with Gasteiger partial charge in [0.2, 0.25) is 11.9 Å². The van der Waals surface area contributed by atoms with Crippen LogP contribution >= 0.6 is 11.6 Å². The van der Waals surface area contributed by atoms with Crippen LogP contribution in [0.2, 0.25) is 5.02 Å². The first-order valence-corrected chi connectivity index (χ1v) is 8.97. The quantitative estimate of drug-likeness (QED) is 0.653. The number of nitrogens with zero attached hydrogens (tertiary/aromatic N) is 3. The van der Waals surface area contributed by atoms with Crippen molar-refractivity contribution in [2.75, 3.05) is 5.32 Å². The molecule has 0 saturated heterocycles. The Morgan fingerprint density at radius 2 is 1.92 bits per heavy atom. The van der Waals surface area contributed by atoms with E-state index in [0.717, 1.165) is 11.4 Å². The molecule has 3 aromatic rings. The number of anilines is 1. The molecule has 7 heteroatoms. The molecule has 0 spiro atoms. The van der Waals surface area contributed by atoms with Gasteiger partial charge in [0.15, 0.2) is 0 Å². The van der Waals surface area contributed by atoms with Crippen molar-refractivity contribution in [3.05, 3.63) is 65.2 Å². The highest BCUT2D eigenvalue weighted by Crippen LogP contribution is 2.24. The van der Waals surface area contributed by atoms with Crippen LogP contribution in [0.15, 0.2) is 48.8 Å². The van der Waals surface area contributed by atoms with Gasteiger partial charge >= 0.3 is 0 Å². The minimum Gasteiger partial charge on any atom is -0.354 e. The van der Waals surface area contributed by atoms with E-state index in [1.807, 2.05) is 62.6 Å². The highest BCUT2D eigenvalue weighted by molar-refractivity contribution is 6.30. The summed E-state index contributed by atoms with van der Waals surface area (Å²) in [6.45, 7) is 4.73. The molecule has 0 bridgehead atoms. The number of H-pyrrole nitrogens is 1. The van der Waals surface area contributed by atoms with Gasteiger partial charge in [-0.15, -0.1) is 5.10 Å². The Balaban J connectivity index is 1.71. The summed E-state index contributed by atoms with van der Waals surface area (Å²) >= 11 is 6.00. The summed E-state index contributed by atoms with van der Waals surface area (Å²) in [4.78, 5) is 16.8. The molecule has 0 radical (unpaired) electrons. The number of hydrogen-bond donors (Lipinski definition) is 2. The number of aromatic nitrogens is 4. The molecule has 0 aliphatic rings. The van der Waals surface area contributed by atoms with Gasteiger partial charge < -0.3 is 4.57 Å². The molecule has 3 rings (SSSR count). The molecule has 1 atom stereocenters. The number of halogens is 1. The van der Waals surface area contributed by atoms with Crippen LogP contribution in [0.25, 0.3) is 0 Å². The predicted molar refractivity (Wildman–Crippen MR) is 102 cm³/mol. The van der Waals surface area contributed by atoms with Crippen molar-refractivity contribution in [2.24, 2.45) is 0 Å². The lowest BCUT2D eigenvalue weighted by atomic mass is 9.95. The van der Waals surface area contributed by atoms with Crippen molar-refractivity contribution in [1.29, 1.82) is 0 Å². The first kappa shape index (κ1) is 18.2. The van der Waals surface area contributed by atoms with Crippen LogP contribution in [0.1, 0.15) is 43.5 Å². The third kappa shape index (κ3) is 4.73. The van der Waals surface area contributed by atoms with Crippen LogP contribution in [0.4, 0.5) is 5.95 Å². The average molecular weight is 372 g/mol. The molecule has 2 aromatic heterocycles. The van der Waals surface area contributed by atoms with Gasteiger partial charge in [-0.2, -0.15) is 4.98 Å². The molecular weight excluding hydrogens is 350 g/mol. The standard InChI is InChI=1S/C19H22ClN5O/c1-13(2)18-22-19(24-23-18)21-17(26)11-15(12-25-9-3-4-10-25)14-5-7-16(20)8-6-14/h3-10,13,15H,11-12H2,1-2H3,(H2,21,22,23,24,26)/t15-/m0/s1. The highest BCUT2D eigenvalue weighted by atomic mass is 35.5. The van der Waals surface area contributed by atoms with Gasteiger partial charge in [0.25, 0.3) is 0 Å². The number of rotatable bonds is 7. The Kier molecular flexibility index (Phi) is 5.73. The van der Waals surface area contributed by atoms with Gasteiger partial charge in [-0.3, -0.25) is 15.2 Å². The van der Waals surface area contributed by atoms with Gasteiger partial charge in [0.1, 0.15) is 5.82 Å². The molecule has 0 aliphatic heterocycles. The second-order valence-electron chi connectivity index (χ2n) is 6.58. The summed E-state index contributed by atoms with van der Waals surface area (Å²) in [7, 11) is 0. The summed E-state index contributed by atoms with van der Waals surface area (Å²) in [6, 6.07) is 11.6. The Hall–Kier alpha value is -2.60. The van der Waals surface area contributed by atoms with E-state index in [9.17, 15) is 4.79 Å². The van der Waals surface area contributed by atoms with Crippen molar-refractivity contribution in [3.63, 3.8) is 0 Å². The van der Waals surface area contributed by atoms with Crippen LogP contribution in [0.3, 0.4) is 0 Å². The van der Waals surface area contributed by atoms with E-state index in [4.69, 9.17) is 11.6 Å². The number of hydrogen-bond acceptors (Lipinski definition) is 3. The average Bonchev–Trinajstić information content (AvgIpc) is 3.27. The summed E-state index contributed by atoms with van der Waals surface area (Å²) in [5, 5.41) is 10.4. The monoisotopic (exact) mass is 371 g/mol. The van der Waals surface area contributed by atoms with Gasteiger partial charge in [0.05, 0.1) is 0 Å². The van der Waals surface area contributed by atoms with Crippen LogP contribution in [0.5, 0.6) is 0 Å². The van der Waals surface area contributed by atoms with Gasteiger partial charge in [-0.25, -0.2) is 0 Å². The molecule has 1 amide bonds. The van der Waals surface area contributed by atoms with E-state index in [1.54, 1.807) is 0 Å². The Bertz CT molecular complexity index is 839. The van der Waals surface area contributed by atoms with Crippen molar-refractivity contribution >= 4 is 23.5 Å². The zero-order valence-corrected chi connectivity index (χ0v) is 15.6. The lowest BCUT2D eigenvalue weighted by molar-refractivity contribution is -0.116. The summed E-state index contributed by atoms with van der Waals surface area (Å²) in [6.07, 6.45) is 4.31. The van der Waals surface area contributed by atoms with Gasteiger partial charge in [0, 0.05) is 42.2 Å². The minimum absolute atomic E-state index is 0.0168. The highest BCUT2D eigenvalue weighted by Gasteiger charge is 2.18. The van der Waals surface area contributed by atoms with Crippen LogP contribution in [-0.4, -0.2) is 25.7 Å². The van der Waals surface area contributed by atoms with Crippen molar-refractivity contribution in [3.8, 4) is 0 Å². The number of carbonyl (C=O) groups is 1. The summed E-state index contributed by atoms with van der Waals surface area (Å²) in [5.41, 5.74) is 1.07. The topological polar surface area (TPSA) is 75.6 Å². The first-order valence-electron chi connectivity index (χ1n) is 8.59. The SMILES string of the molecule is CC(C)c1nc(NC(=O)C[C@@H](Cn2cccc2)c2ccc(Cl)cc2)n[nH]1. The van der Waals surface area contributed by atoms with Crippen LogP contribution < -0.4 is 5.32 Å². The molecule has 1 aromatic carbocycles. The first-order chi connectivity index (χ1) is 12.5. The molecule has 2 N–H and O–H groups in total. The smallest absolute Gasteiger partial charge is 0.248 e. The number of benzene rings is 1. The zero-order chi connectivity index (χ0) is 18.5. The molecule has 6 nitrogen and oxygen atoms in total. The minimum atomic E-state index is -0.119. The molecule has 0 aliphatic carbocycles. The Morgan fingerprint density at radius 1 is 1.23 bits per heavy atom. The third-order valence-electron chi connectivity index (χ3n) is 4.17. The number of carbonyl (C=O) groups excluding carboxylic acids is 1. The number of aromatic amines is 1. The van der Waals surface area contributed by atoms with E-state index in [1.165, 1.54) is 0 Å². The van der Waals surface area contributed by atoms with Gasteiger partial charge in [-0.1, -0.05) is 37.6 Å². The Morgan fingerprint density at radius 3 is 2.54 bits per heavy atom. The van der Waals surface area contributed by atoms with E-state index in [0.29, 0.717) is 23.9 Å². The molecule has 26 heavy (non-hydrogen) atoms. The van der Waals surface area contributed by atoms with Gasteiger partial charge in [-0.05, 0) is 29.8 Å². The second-order valence-corrected chi connectivity index (χ2v) is 7.02. The van der Waals surface area contributed by atoms with Crippen molar-refractivity contribution in [2.45, 2.75) is 38.6 Å². The van der Waals surface area contributed by atoms with Crippen molar-refractivity contribution < 1.29 is 4.79 Å². The van der Waals surface area contributed by atoms with Crippen LogP contribution in [0, 0.1) is 0 Å². The molecule has 0 fully saturated rings. The molecule has 0 saturated carbocycles. The fraction of sp³-hybridized carbons (Fsp3) is 0.316. The maximum absolute atomic E-state index is 12.5. The zero-order valence-electron chi connectivity index (χ0n) is 14.8. The van der Waals surface area contributed by atoms with E-state index >= 15 is 0 Å². The lowest BCUT2D eigenvalue weighted by Crippen LogP contribution is -2.19. The Labute approximate surface area is 157 Å². The number of nitrogens with one attached hydrogen (secondary N) is 2. The molecular formula is C19H22ClN5O. The van der Waals surface area contributed by atoms with E-state index < -0.39 is 0 Å². The number of amides is 1. The van der Waals surface area contributed by atoms with Crippen LogP contribution in [-0.2, 0) is 11.3 Å². The normalized spacial score (nSPS) is 12.3. The molecule has 0 unspecified atom stereocenters. The summed E-state index contributed by atoms with van der Waals surface area (Å²) < 4.78 is 2.07. The molecule has 136 valence electrons. The van der Waals surface area contributed by atoms with E-state index in [-0.39, 0.29) is 17.7 Å². The van der Waals surface area contributed by atoms with Crippen molar-refractivity contribution in [1.82, 2.24) is 19.7 Å². The maximum atomic E-state index is 12.5. The summed E-state index contributed by atoms with van der Waals surface area (Å²) in [5.74, 6) is 1.19. The fourth-order valence-electron chi connectivity index (χ4n) is 2.76. The fourth-order valence-corrected chi connectivity index (χ4v) is 2.88. The molecule has 2 heterocycles. The third-order valence-corrected chi connectivity index (χ3v) is 4.42. The van der Waals surface area contributed by atoms with E-state index in [2.05, 4.69) is 25.1 Å². The lowest BCUT2D eigenvalue weighted by Gasteiger charge is -2.18.